The van der Waals surface area contributed by atoms with Crippen molar-refractivity contribution in [3.05, 3.63) is 89.8 Å². The molecule has 0 spiro atoms. The lowest BCUT2D eigenvalue weighted by molar-refractivity contribution is -0.155. The Morgan fingerprint density at radius 3 is 2.47 bits per heavy atom. The summed E-state index contributed by atoms with van der Waals surface area (Å²) in [7, 11) is 5.53. The highest BCUT2D eigenvalue weighted by atomic mass is 16.5. The van der Waals surface area contributed by atoms with Gasteiger partial charge in [-0.05, 0) is 136 Å². The number of esters is 1. The smallest absolute Gasteiger partial charge is 0.324 e. The van der Waals surface area contributed by atoms with Gasteiger partial charge in [-0.1, -0.05) is 64.6 Å². The van der Waals surface area contributed by atoms with Gasteiger partial charge in [-0.3, -0.25) is 34.0 Å². The van der Waals surface area contributed by atoms with Gasteiger partial charge in [0.05, 0.1) is 30.0 Å². The Labute approximate surface area is 425 Å². The molecule has 15 heteroatoms. The van der Waals surface area contributed by atoms with Crippen molar-refractivity contribution in [3.63, 3.8) is 0 Å². The second kappa shape index (κ2) is 22.1. The molecule has 2 N–H and O–H groups in total. The molecule has 4 amide bonds. The van der Waals surface area contributed by atoms with E-state index in [1.807, 2.05) is 26.0 Å². The zero-order valence-electron chi connectivity index (χ0n) is 44.0. The number of amides is 4. The topological polar surface area (TPSA) is 159 Å². The Bertz CT molecular complexity index is 2690. The van der Waals surface area contributed by atoms with Crippen LogP contribution < -0.4 is 10.7 Å². The monoisotopic (exact) mass is 985 g/mol. The summed E-state index contributed by atoms with van der Waals surface area (Å²) < 4.78 is 14.6. The van der Waals surface area contributed by atoms with E-state index in [1.54, 1.807) is 19.1 Å². The number of aryl methyl sites for hydroxylation is 1. The van der Waals surface area contributed by atoms with Crippen molar-refractivity contribution >= 4 is 40.5 Å². The van der Waals surface area contributed by atoms with Crippen LogP contribution in [0.25, 0.3) is 33.3 Å². The highest BCUT2D eigenvalue weighted by Gasteiger charge is 2.40. The molecule has 386 valence electrons. The lowest BCUT2D eigenvalue weighted by Gasteiger charge is -2.37. The van der Waals surface area contributed by atoms with Gasteiger partial charge in [-0.2, -0.15) is 0 Å². The molecule has 8 rings (SSSR count). The van der Waals surface area contributed by atoms with Gasteiger partial charge in [-0.15, -0.1) is 0 Å². The molecule has 1 unspecified atom stereocenters. The molecule has 5 atom stereocenters. The first-order valence-electron chi connectivity index (χ1n) is 26.1. The molecular weight excluding hydrogens is 909 g/mol. The van der Waals surface area contributed by atoms with Gasteiger partial charge in [0.15, 0.2) is 0 Å². The number of hydrazine groups is 1. The summed E-state index contributed by atoms with van der Waals surface area (Å²) in [5.74, 6) is -2.16. The summed E-state index contributed by atoms with van der Waals surface area (Å²) in [5.41, 5.74) is 11.9. The number of likely N-dealkylation sites (N-methyl/N-ethyl adjacent to an activating group) is 1. The molecule has 6 heterocycles. The summed E-state index contributed by atoms with van der Waals surface area (Å²) in [6.45, 7) is 19.8. The van der Waals surface area contributed by atoms with Gasteiger partial charge in [0, 0.05) is 74.8 Å². The van der Waals surface area contributed by atoms with Gasteiger partial charge in [-0.25, -0.2) is 5.43 Å². The molecule has 0 aliphatic carbocycles. The molecule has 15 nitrogen and oxygen atoms in total. The van der Waals surface area contributed by atoms with Gasteiger partial charge < -0.3 is 34.1 Å². The molecule has 72 heavy (non-hydrogen) atoms. The molecule has 2 aromatic heterocycles. The maximum atomic E-state index is 14.8. The van der Waals surface area contributed by atoms with E-state index in [9.17, 15) is 24.0 Å². The van der Waals surface area contributed by atoms with Crippen LogP contribution in [0.15, 0.2) is 67.4 Å². The maximum Gasteiger partial charge on any atom is 0.324 e. The van der Waals surface area contributed by atoms with Crippen LogP contribution in [0.2, 0.25) is 0 Å². The number of likely N-dealkylation sites (tertiary alicyclic amines) is 2. The minimum absolute atomic E-state index is 0.137. The van der Waals surface area contributed by atoms with E-state index in [2.05, 4.69) is 104 Å². The third kappa shape index (κ3) is 11.0. The van der Waals surface area contributed by atoms with Gasteiger partial charge in [0.1, 0.15) is 18.1 Å². The normalized spacial score (nSPS) is 22.1. The standard InChI is InChI=1S/C57H76N8O7/c1-11-49(66)63-26-22-41(33-63)54(68)62(9)51(35(3)4)53(67)59-47-28-37-15-13-16-39(27-37)40-18-19-48-43(29-40)45(31-57(6,7)34-72-56(70)46-17-14-23-65(60-46)55(47)69)52(64(48)12-2)44-30-42(32-58-50(44)36(5)71-10)38-20-24-61(8)25-21-38/h11,13,15-16,18-19,27,29-30,32,35-36,38,41,46-47,51,60H,1,12,14,17,20-26,28,31,33-34H2,2-10H3,(H,59,67)/t36-,41-,46-,47-,51?/m0/s1. The average Bonchev–Trinajstić information content (AvgIpc) is 3.99. The Balaban J connectivity index is 1.20. The van der Waals surface area contributed by atoms with Crippen LogP contribution in [0.1, 0.15) is 108 Å². The van der Waals surface area contributed by atoms with E-state index in [-0.39, 0.29) is 43.4 Å². The van der Waals surface area contributed by atoms with Crippen LogP contribution >= 0.6 is 0 Å². The van der Waals surface area contributed by atoms with Crippen molar-refractivity contribution in [2.75, 3.05) is 60.5 Å². The van der Waals surface area contributed by atoms with Crippen LogP contribution in [0.4, 0.5) is 0 Å². The number of methoxy groups -OCH3 is 1. The lowest BCUT2D eigenvalue weighted by atomic mass is 9.83. The number of aromatic nitrogens is 2. The number of rotatable bonds is 11. The zero-order chi connectivity index (χ0) is 51.6. The molecule has 3 saturated heterocycles. The highest BCUT2D eigenvalue weighted by Crippen LogP contribution is 2.43. The summed E-state index contributed by atoms with van der Waals surface area (Å²) >= 11 is 0. The third-order valence-corrected chi connectivity index (χ3v) is 15.6. The second-order valence-electron chi connectivity index (χ2n) is 21.8. The number of hydrogen-bond acceptors (Lipinski definition) is 10. The van der Waals surface area contributed by atoms with E-state index >= 15 is 0 Å². The molecule has 0 radical (unpaired) electrons. The Morgan fingerprint density at radius 1 is 1.01 bits per heavy atom. The minimum Gasteiger partial charge on any atom is -0.464 e. The number of fused-ring (bicyclic) bond motifs is 6. The molecule has 4 aliphatic heterocycles. The number of nitrogens with one attached hydrogen (secondary N) is 2. The number of nitrogens with zero attached hydrogens (tertiary/aromatic N) is 6. The first-order valence-corrected chi connectivity index (χ1v) is 26.1. The van der Waals surface area contributed by atoms with Gasteiger partial charge in [0.25, 0.3) is 5.91 Å². The van der Waals surface area contributed by atoms with Crippen molar-refractivity contribution in [3.8, 4) is 22.4 Å². The van der Waals surface area contributed by atoms with Crippen LogP contribution in [0.5, 0.6) is 0 Å². The number of carbonyl (C=O) groups excluding carboxylic acids is 5. The average molecular weight is 985 g/mol. The van der Waals surface area contributed by atoms with Crippen molar-refractivity contribution in [1.29, 1.82) is 0 Å². The largest absolute Gasteiger partial charge is 0.464 e. The Kier molecular flexibility index (Phi) is 16.1. The van der Waals surface area contributed by atoms with Crippen LogP contribution in [-0.2, 0) is 52.8 Å². The molecule has 2 aromatic carbocycles. The summed E-state index contributed by atoms with van der Waals surface area (Å²) in [6.07, 6.45) is 7.40. The van der Waals surface area contributed by atoms with Crippen LogP contribution in [0.3, 0.4) is 0 Å². The van der Waals surface area contributed by atoms with Gasteiger partial charge >= 0.3 is 5.97 Å². The van der Waals surface area contributed by atoms with E-state index in [0.29, 0.717) is 51.2 Å². The van der Waals surface area contributed by atoms with E-state index < -0.39 is 47.2 Å². The summed E-state index contributed by atoms with van der Waals surface area (Å²) in [4.78, 5) is 80.5. The predicted molar refractivity (Wildman–Crippen MR) is 279 cm³/mol. The van der Waals surface area contributed by atoms with E-state index in [4.69, 9.17) is 14.5 Å². The molecule has 3 fully saturated rings. The van der Waals surface area contributed by atoms with Crippen LogP contribution in [0, 0.1) is 17.3 Å². The van der Waals surface area contributed by atoms with E-state index in [0.717, 1.165) is 76.0 Å². The number of piperidine rings is 1. The molecule has 6 bridgehead atoms. The summed E-state index contributed by atoms with van der Waals surface area (Å²) in [6, 6.07) is 14.3. The first-order chi connectivity index (χ1) is 34.4. The maximum absolute atomic E-state index is 14.8. The second-order valence-corrected chi connectivity index (χ2v) is 21.8. The number of hydrogen-bond donors (Lipinski definition) is 2. The minimum atomic E-state index is -1.05. The fourth-order valence-electron chi connectivity index (χ4n) is 11.5. The Morgan fingerprint density at radius 2 is 1.76 bits per heavy atom. The third-order valence-electron chi connectivity index (χ3n) is 15.6. The number of carbonyl (C=O) groups is 5. The van der Waals surface area contributed by atoms with Crippen molar-refractivity contribution in [2.24, 2.45) is 17.3 Å². The SMILES string of the molecule is C=CC(=O)N1CC[C@H](C(=O)N(C)C(C(=O)N[C@H]2Cc3cccc(c3)-c3ccc4c(c3)c(c(-c3cc(C5CCN(C)CC5)cnc3[C@H](C)OC)n4CC)CC(C)(C)COC(=O)[C@@H]3CCCN(N3)C2=O)C(C)C)C1. The quantitative estimate of drug-likeness (QED) is 0.118. The zero-order valence-corrected chi connectivity index (χ0v) is 44.0. The summed E-state index contributed by atoms with van der Waals surface area (Å²) in [5, 5.41) is 5.63. The van der Waals surface area contributed by atoms with Crippen LogP contribution in [-0.4, -0.2) is 138 Å². The number of ether oxygens (including phenoxy) is 2. The van der Waals surface area contributed by atoms with Crippen molar-refractivity contribution < 1.29 is 33.4 Å². The number of cyclic esters (lactones) is 1. The highest BCUT2D eigenvalue weighted by molar-refractivity contribution is 5.96. The Hall–Kier alpha value is -5.90. The van der Waals surface area contributed by atoms with Gasteiger partial charge in [0.2, 0.25) is 17.7 Å². The van der Waals surface area contributed by atoms with Crippen molar-refractivity contribution in [1.82, 2.24) is 40.0 Å². The predicted octanol–water partition coefficient (Wildman–Crippen LogP) is 7.07. The number of pyridine rings is 1. The first kappa shape index (κ1) is 52.4. The molecule has 4 aromatic rings. The lowest BCUT2D eigenvalue weighted by Crippen LogP contribution is -2.62. The molecule has 0 saturated carbocycles. The fraction of sp³-hybridized carbons (Fsp3) is 0.544. The molecule has 4 aliphatic rings. The van der Waals surface area contributed by atoms with E-state index in [1.165, 1.54) is 21.5 Å². The number of benzene rings is 2. The molecular formula is C57H76N8O7. The van der Waals surface area contributed by atoms with Crippen molar-refractivity contribution in [2.45, 2.75) is 123 Å². The fourth-order valence-corrected chi connectivity index (χ4v) is 11.5.